The smallest absolute Gasteiger partial charge is 0.229 e. The second-order valence-electron chi connectivity index (χ2n) is 5.00. The summed E-state index contributed by atoms with van der Waals surface area (Å²) in [4.78, 5) is 11.6. The van der Waals surface area contributed by atoms with E-state index in [0.29, 0.717) is 15.8 Å². The first kappa shape index (κ1) is 17.5. The van der Waals surface area contributed by atoms with Crippen molar-refractivity contribution in [2.75, 3.05) is 11.0 Å². The quantitative estimate of drug-likeness (QED) is 0.755. The Balaban J connectivity index is 2.37. The lowest BCUT2D eigenvalue weighted by molar-refractivity contribution is 0.101. The summed E-state index contributed by atoms with van der Waals surface area (Å²) >= 11 is 3.28. The predicted octanol–water partition coefficient (Wildman–Crippen LogP) is 3.60. The van der Waals surface area contributed by atoms with Crippen LogP contribution in [-0.2, 0) is 16.6 Å². The van der Waals surface area contributed by atoms with Crippen molar-refractivity contribution in [1.29, 1.82) is 0 Å². The van der Waals surface area contributed by atoms with Crippen molar-refractivity contribution >= 4 is 37.4 Å². The number of nitrogens with one attached hydrogen (secondary N) is 1. The Hall–Kier alpha value is -1.86. The first-order valence-corrected chi connectivity index (χ1v) is 9.44. The summed E-state index contributed by atoms with van der Waals surface area (Å²) in [7, 11) is -3.52. The third-order valence-electron chi connectivity index (χ3n) is 3.01. The minimum Gasteiger partial charge on any atom is -0.487 e. The Morgan fingerprint density at radius 1 is 1.17 bits per heavy atom. The van der Waals surface area contributed by atoms with E-state index in [2.05, 4.69) is 20.7 Å². The summed E-state index contributed by atoms with van der Waals surface area (Å²) in [6.07, 6.45) is 1.04. The number of Topliss-reactive ketones (excluding diaryl/α,β-unsaturated/α-hetero) is 1. The molecule has 7 heteroatoms. The van der Waals surface area contributed by atoms with Crippen LogP contribution in [0.1, 0.15) is 22.8 Å². The van der Waals surface area contributed by atoms with Crippen molar-refractivity contribution in [1.82, 2.24) is 0 Å². The van der Waals surface area contributed by atoms with Crippen molar-refractivity contribution in [2.24, 2.45) is 0 Å². The van der Waals surface area contributed by atoms with E-state index in [-0.39, 0.29) is 18.1 Å². The standard InChI is InChI=1S/C16H16BrNO4S/c1-11(19)13-8-9-14(16(15(13)17)18-23(2,20)21)22-10-12-6-4-3-5-7-12/h3-9,18H,10H2,1-2H3. The molecule has 0 amide bonds. The number of anilines is 1. The van der Waals surface area contributed by atoms with Crippen molar-refractivity contribution in [2.45, 2.75) is 13.5 Å². The van der Waals surface area contributed by atoms with Crippen LogP contribution in [0, 0.1) is 0 Å². The van der Waals surface area contributed by atoms with E-state index in [4.69, 9.17) is 4.74 Å². The minimum absolute atomic E-state index is 0.178. The summed E-state index contributed by atoms with van der Waals surface area (Å²) < 4.78 is 31.7. The monoisotopic (exact) mass is 397 g/mol. The van der Waals surface area contributed by atoms with Gasteiger partial charge < -0.3 is 4.74 Å². The van der Waals surface area contributed by atoms with Crippen LogP contribution in [0.2, 0.25) is 0 Å². The maximum absolute atomic E-state index is 11.6. The zero-order valence-corrected chi connectivity index (χ0v) is 15.1. The highest BCUT2D eigenvalue weighted by Crippen LogP contribution is 2.37. The summed E-state index contributed by atoms with van der Waals surface area (Å²) in [5.41, 5.74) is 1.55. The van der Waals surface area contributed by atoms with E-state index in [1.54, 1.807) is 12.1 Å². The van der Waals surface area contributed by atoms with Gasteiger partial charge in [0.1, 0.15) is 18.0 Å². The van der Waals surface area contributed by atoms with Crippen molar-refractivity contribution in [3.05, 3.63) is 58.1 Å². The second-order valence-corrected chi connectivity index (χ2v) is 7.55. The molecule has 0 saturated carbocycles. The summed E-state index contributed by atoms with van der Waals surface area (Å²) in [5.74, 6) is 0.166. The maximum atomic E-state index is 11.6. The molecule has 0 spiro atoms. The Morgan fingerprint density at radius 3 is 2.39 bits per heavy atom. The molecule has 1 N–H and O–H groups in total. The number of hydrogen-bond donors (Lipinski definition) is 1. The molecule has 23 heavy (non-hydrogen) atoms. The van der Waals surface area contributed by atoms with Crippen LogP contribution in [0.5, 0.6) is 5.75 Å². The number of ether oxygens (including phenoxy) is 1. The second kappa shape index (κ2) is 7.14. The first-order chi connectivity index (χ1) is 10.8. The van der Waals surface area contributed by atoms with Crippen LogP contribution in [0.25, 0.3) is 0 Å². The molecule has 0 aromatic heterocycles. The molecule has 5 nitrogen and oxygen atoms in total. The van der Waals surface area contributed by atoms with Crippen LogP contribution >= 0.6 is 15.9 Å². The van der Waals surface area contributed by atoms with Gasteiger partial charge in [-0.15, -0.1) is 0 Å². The Labute approximate surface area is 143 Å². The number of ketones is 1. The van der Waals surface area contributed by atoms with E-state index in [0.717, 1.165) is 11.8 Å². The van der Waals surface area contributed by atoms with Gasteiger partial charge in [-0.25, -0.2) is 8.42 Å². The molecule has 0 heterocycles. The van der Waals surface area contributed by atoms with Gasteiger partial charge in [0.15, 0.2) is 5.78 Å². The van der Waals surface area contributed by atoms with Crippen LogP contribution in [-0.4, -0.2) is 20.5 Å². The van der Waals surface area contributed by atoms with Crippen molar-refractivity contribution in [3.8, 4) is 5.75 Å². The molecule has 0 saturated heterocycles. The lowest BCUT2D eigenvalue weighted by atomic mass is 10.1. The molecule has 122 valence electrons. The van der Waals surface area contributed by atoms with Gasteiger partial charge in [0.05, 0.1) is 10.7 Å². The van der Waals surface area contributed by atoms with Crippen LogP contribution in [0.3, 0.4) is 0 Å². The van der Waals surface area contributed by atoms with Crippen molar-refractivity contribution in [3.63, 3.8) is 0 Å². The fourth-order valence-corrected chi connectivity index (χ4v) is 3.38. The summed E-state index contributed by atoms with van der Waals surface area (Å²) in [6.45, 7) is 1.69. The molecule has 0 atom stereocenters. The molecule has 0 bridgehead atoms. The minimum atomic E-state index is -3.52. The summed E-state index contributed by atoms with van der Waals surface area (Å²) in [6, 6.07) is 12.7. The largest absolute Gasteiger partial charge is 0.487 e. The molecule has 0 unspecified atom stereocenters. The number of benzene rings is 2. The van der Waals surface area contributed by atoms with E-state index < -0.39 is 10.0 Å². The number of hydrogen-bond acceptors (Lipinski definition) is 4. The number of rotatable bonds is 6. The molecular weight excluding hydrogens is 382 g/mol. The van der Waals surface area contributed by atoms with E-state index in [1.165, 1.54) is 6.92 Å². The number of sulfonamides is 1. The Kier molecular flexibility index (Phi) is 5.43. The average Bonchev–Trinajstić information content (AvgIpc) is 2.47. The van der Waals surface area contributed by atoms with E-state index >= 15 is 0 Å². The fraction of sp³-hybridized carbons (Fsp3) is 0.188. The number of halogens is 1. The molecule has 0 radical (unpaired) electrons. The fourth-order valence-electron chi connectivity index (χ4n) is 1.97. The Bertz CT molecular complexity index is 819. The molecule has 0 aliphatic rings. The highest BCUT2D eigenvalue weighted by Gasteiger charge is 2.18. The third-order valence-corrected chi connectivity index (χ3v) is 4.41. The van der Waals surface area contributed by atoms with Gasteiger partial charge in [-0.05, 0) is 40.5 Å². The average molecular weight is 398 g/mol. The molecular formula is C16H16BrNO4S. The molecule has 0 fully saturated rings. The van der Waals surface area contributed by atoms with E-state index in [9.17, 15) is 13.2 Å². The maximum Gasteiger partial charge on any atom is 0.229 e. The Morgan fingerprint density at radius 2 is 1.83 bits per heavy atom. The van der Waals surface area contributed by atoms with Gasteiger partial charge in [0.25, 0.3) is 0 Å². The van der Waals surface area contributed by atoms with E-state index in [1.807, 2.05) is 30.3 Å². The normalized spacial score (nSPS) is 11.1. The van der Waals surface area contributed by atoms with Crippen LogP contribution < -0.4 is 9.46 Å². The van der Waals surface area contributed by atoms with Gasteiger partial charge in [0, 0.05) is 5.56 Å². The zero-order chi connectivity index (χ0) is 17.0. The molecule has 2 aromatic rings. The molecule has 0 aliphatic heterocycles. The summed E-state index contributed by atoms with van der Waals surface area (Å²) in [5, 5.41) is 0. The SMILES string of the molecule is CC(=O)c1ccc(OCc2ccccc2)c(NS(C)(=O)=O)c1Br. The van der Waals surface area contributed by atoms with Gasteiger partial charge in [-0.1, -0.05) is 30.3 Å². The lowest BCUT2D eigenvalue weighted by Gasteiger charge is -2.16. The number of carbonyl (C=O) groups is 1. The molecule has 0 aliphatic carbocycles. The van der Waals surface area contributed by atoms with Gasteiger partial charge in [-0.2, -0.15) is 0 Å². The zero-order valence-electron chi connectivity index (χ0n) is 12.7. The molecule has 2 rings (SSSR count). The third kappa shape index (κ3) is 4.80. The van der Waals surface area contributed by atoms with Crippen LogP contribution in [0.4, 0.5) is 5.69 Å². The van der Waals surface area contributed by atoms with Gasteiger partial charge in [0.2, 0.25) is 10.0 Å². The van der Waals surface area contributed by atoms with Gasteiger partial charge >= 0.3 is 0 Å². The van der Waals surface area contributed by atoms with Gasteiger partial charge in [-0.3, -0.25) is 9.52 Å². The first-order valence-electron chi connectivity index (χ1n) is 6.76. The topological polar surface area (TPSA) is 72.5 Å². The molecule has 2 aromatic carbocycles. The predicted molar refractivity (Wildman–Crippen MR) is 93.4 cm³/mol. The lowest BCUT2D eigenvalue weighted by Crippen LogP contribution is -2.13. The number of carbonyl (C=O) groups excluding carboxylic acids is 1. The van der Waals surface area contributed by atoms with Crippen molar-refractivity contribution < 1.29 is 17.9 Å². The highest BCUT2D eigenvalue weighted by atomic mass is 79.9. The van der Waals surface area contributed by atoms with Crippen LogP contribution in [0.15, 0.2) is 46.9 Å². The highest BCUT2D eigenvalue weighted by molar-refractivity contribution is 9.10.